The summed E-state index contributed by atoms with van der Waals surface area (Å²) in [5, 5.41) is 6.09. The predicted octanol–water partition coefficient (Wildman–Crippen LogP) is 3.12. The first-order chi connectivity index (χ1) is 13.0. The number of hydrogen-bond acceptors (Lipinski definition) is 4. The highest BCUT2D eigenvalue weighted by molar-refractivity contribution is 14.0. The Morgan fingerprint density at radius 2 is 1.86 bits per heavy atom. The van der Waals surface area contributed by atoms with Crippen molar-refractivity contribution in [3.05, 3.63) is 30.1 Å². The molecule has 1 fully saturated rings. The monoisotopic (exact) mass is 527 g/mol. The zero-order chi connectivity index (χ0) is 19.5. The summed E-state index contributed by atoms with van der Waals surface area (Å²) >= 11 is 0. The summed E-state index contributed by atoms with van der Waals surface area (Å²) in [7, 11) is -2.05. The normalized spacial score (nSPS) is 15.7. The Morgan fingerprint density at radius 3 is 2.54 bits per heavy atom. The van der Waals surface area contributed by atoms with Crippen LogP contribution in [0.2, 0.25) is 0 Å². The molecular weight excluding hydrogens is 496 g/mol. The maximum Gasteiger partial charge on any atom is 0.191 e. The Labute approximate surface area is 184 Å². The fraction of sp³-hybridized carbons (Fsp3) is 0.632. The lowest BCUT2D eigenvalue weighted by molar-refractivity contribution is 0.0277. The van der Waals surface area contributed by atoms with E-state index >= 15 is 0 Å². The van der Waals surface area contributed by atoms with E-state index in [0.29, 0.717) is 25.2 Å². The molecule has 0 bridgehead atoms. The number of hydrogen-bond donors (Lipinski definition) is 2. The van der Waals surface area contributed by atoms with Gasteiger partial charge in [0.05, 0.1) is 11.9 Å². The predicted molar refractivity (Wildman–Crippen MR) is 121 cm³/mol. The molecule has 0 heterocycles. The third-order valence-electron chi connectivity index (χ3n) is 4.58. The van der Waals surface area contributed by atoms with Crippen molar-refractivity contribution in [1.29, 1.82) is 0 Å². The SMILES string of the molecule is CN=C(NCCCOC1CCCCC1)NCCS(=O)(=O)c1ccccc1F.I. The minimum absolute atomic E-state index is 0. The van der Waals surface area contributed by atoms with Crippen molar-refractivity contribution in [2.75, 3.05) is 32.5 Å². The number of nitrogens with one attached hydrogen (secondary N) is 2. The zero-order valence-electron chi connectivity index (χ0n) is 16.3. The number of halogens is 2. The molecule has 1 aliphatic carbocycles. The van der Waals surface area contributed by atoms with Gasteiger partial charge in [0.1, 0.15) is 10.7 Å². The van der Waals surface area contributed by atoms with E-state index in [0.717, 1.165) is 25.3 Å². The summed E-state index contributed by atoms with van der Waals surface area (Å²) in [6.07, 6.45) is 7.41. The molecule has 0 aliphatic heterocycles. The third-order valence-corrected chi connectivity index (χ3v) is 6.32. The molecule has 9 heteroatoms. The van der Waals surface area contributed by atoms with Crippen molar-refractivity contribution in [3.8, 4) is 0 Å². The molecule has 1 aliphatic rings. The highest BCUT2D eigenvalue weighted by atomic mass is 127. The number of aliphatic imine (C=N–C) groups is 1. The molecule has 1 saturated carbocycles. The maximum atomic E-state index is 13.7. The van der Waals surface area contributed by atoms with Crippen LogP contribution in [0, 0.1) is 5.82 Å². The standard InChI is InChI=1S/C19H30FN3O3S.HI/c1-21-19(22-12-7-14-26-16-8-3-2-4-9-16)23-13-15-27(24,25)18-11-6-5-10-17(18)20;/h5-6,10-11,16H,2-4,7-9,12-15H2,1H3,(H2,21,22,23);1H. The number of ether oxygens (including phenoxy) is 1. The van der Waals surface area contributed by atoms with Crippen molar-refractivity contribution in [1.82, 2.24) is 10.6 Å². The van der Waals surface area contributed by atoms with Crippen LogP contribution in [0.5, 0.6) is 0 Å². The second-order valence-electron chi connectivity index (χ2n) is 6.66. The summed E-state index contributed by atoms with van der Waals surface area (Å²) in [4.78, 5) is 3.80. The smallest absolute Gasteiger partial charge is 0.191 e. The van der Waals surface area contributed by atoms with Gasteiger partial charge in [-0.05, 0) is 31.4 Å². The molecule has 0 saturated heterocycles. The van der Waals surface area contributed by atoms with Gasteiger partial charge >= 0.3 is 0 Å². The van der Waals surface area contributed by atoms with Crippen molar-refractivity contribution in [3.63, 3.8) is 0 Å². The Kier molecular flexibility index (Phi) is 11.9. The Hall–Kier alpha value is -0.940. The molecule has 0 aromatic heterocycles. The van der Waals surface area contributed by atoms with Crippen LogP contribution in [0.25, 0.3) is 0 Å². The topological polar surface area (TPSA) is 79.8 Å². The number of benzene rings is 1. The largest absolute Gasteiger partial charge is 0.378 e. The van der Waals surface area contributed by atoms with Crippen LogP contribution < -0.4 is 10.6 Å². The van der Waals surface area contributed by atoms with Crippen molar-refractivity contribution >= 4 is 39.8 Å². The molecule has 160 valence electrons. The lowest BCUT2D eigenvalue weighted by Gasteiger charge is -2.22. The molecule has 0 unspecified atom stereocenters. The van der Waals surface area contributed by atoms with Gasteiger partial charge in [-0.1, -0.05) is 31.4 Å². The van der Waals surface area contributed by atoms with Gasteiger partial charge in [-0.25, -0.2) is 12.8 Å². The second-order valence-corrected chi connectivity index (χ2v) is 8.74. The van der Waals surface area contributed by atoms with E-state index < -0.39 is 15.7 Å². The zero-order valence-corrected chi connectivity index (χ0v) is 19.5. The van der Waals surface area contributed by atoms with Gasteiger partial charge in [-0.2, -0.15) is 0 Å². The van der Waals surface area contributed by atoms with Gasteiger partial charge < -0.3 is 15.4 Å². The van der Waals surface area contributed by atoms with Crippen molar-refractivity contribution in [2.24, 2.45) is 4.99 Å². The van der Waals surface area contributed by atoms with Gasteiger partial charge in [0.25, 0.3) is 0 Å². The van der Waals surface area contributed by atoms with E-state index in [4.69, 9.17) is 4.74 Å². The van der Waals surface area contributed by atoms with Crippen molar-refractivity contribution < 1.29 is 17.5 Å². The van der Waals surface area contributed by atoms with Crippen LogP contribution in [0.3, 0.4) is 0 Å². The van der Waals surface area contributed by atoms with E-state index in [1.54, 1.807) is 7.05 Å². The average Bonchev–Trinajstić information content (AvgIpc) is 2.67. The molecule has 6 nitrogen and oxygen atoms in total. The number of guanidine groups is 1. The van der Waals surface area contributed by atoms with Crippen molar-refractivity contribution in [2.45, 2.75) is 49.5 Å². The highest BCUT2D eigenvalue weighted by Gasteiger charge is 2.18. The molecule has 2 N–H and O–H groups in total. The van der Waals surface area contributed by atoms with E-state index in [1.165, 1.54) is 37.5 Å². The van der Waals surface area contributed by atoms with Crippen LogP contribution in [-0.4, -0.2) is 53.0 Å². The van der Waals surface area contributed by atoms with Gasteiger partial charge in [0.2, 0.25) is 0 Å². The molecule has 0 amide bonds. The Bertz CT molecular complexity index is 710. The molecule has 2 rings (SSSR count). The summed E-state index contributed by atoms with van der Waals surface area (Å²) < 4.78 is 44.0. The molecule has 0 atom stereocenters. The first-order valence-corrected chi connectivity index (χ1v) is 11.2. The Morgan fingerprint density at radius 1 is 1.18 bits per heavy atom. The molecule has 0 spiro atoms. The Balaban J connectivity index is 0.00000392. The van der Waals surface area contributed by atoms with Crippen LogP contribution in [0.15, 0.2) is 34.2 Å². The van der Waals surface area contributed by atoms with Gasteiger partial charge in [-0.3, -0.25) is 4.99 Å². The molecule has 0 radical (unpaired) electrons. The van der Waals surface area contributed by atoms with Crippen LogP contribution >= 0.6 is 24.0 Å². The van der Waals surface area contributed by atoms with Crippen LogP contribution in [0.1, 0.15) is 38.5 Å². The maximum absolute atomic E-state index is 13.7. The van der Waals surface area contributed by atoms with Gasteiger partial charge in [0.15, 0.2) is 15.8 Å². The van der Waals surface area contributed by atoms with E-state index in [-0.39, 0.29) is 41.2 Å². The second kappa shape index (κ2) is 13.3. The summed E-state index contributed by atoms with van der Waals surface area (Å²) in [6, 6.07) is 5.41. The van der Waals surface area contributed by atoms with E-state index in [9.17, 15) is 12.8 Å². The fourth-order valence-electron chi connectivity index (χ4n) is 3.09. The lowest BCUT2D eigenvalue weighted by atomic mass is 9.98. The fourth-order valence-corrected chi connectivity index (χ4v) is 4.33. The first-order valence-electron chi connectivity index (χ1n) is 9.56. The third kappa shape index (κ3) is 8.60. The summed E-state index contributed by atoms with van der Waals surface area (Å²) in [5.41, 5.74) is 0. The lowest BCUT2D eigenvalue weighted by Crippen LogP contribution is -2.40. The molecule has 1 aromatic carbocycles. The number of rotatable bonds is 9. The number of sulfone groups is 1. The van der Waals surface area contributed by atoms with Gasteiger partial charge in [-0.15, -0.1) is 24.0 Å². The molecular formula is C19H31FIN3O3S. The van der Waals surface area contributed by atoms with Crippen LogP contribution in [-0.2, 0) is 14.6 Å². The van der Waals surface area contributed by atoms with Gasteiger partial charge in [0, 0.05) is 26.7 Å². The number of nitrogens with zero attached hydrogens (tertiary/aromatic N) is 1. The van der Waals surface area contributed by atoms with Crippen LogP contribution in [0.4, 0.5) is 4.39 Å². The van der Waals surface area contributed by atoms with E-state index in [1.807, 2.05) is 0 Å². The molecule has 28 heavy (non-hydrogen) atoms. The van der Waals surface area contributed by atoms with E-state index in [2.05, 4.69) is 15.6 Å². The summed E-state index contributed by atoms with van der Waals surface area (Å²) in [5.74, 6) is -0.409. The average molecular weight is 527 g/mol. The first kappa shape index (κ1) is 25.1. The molecule has 1 aromatic rings. The quantitative estimate of drug-likeness (QED) is 0.223. The summed E-state index contributed by atoms with van der Waals surface area (Å²) in [6.45, 7) is 1.54. The minimum atomic E-state index is -3.68. The minimum Gasteiger partial charge on any atom is -0.378 e. The highest BCUT2D eigenvalue weighted by Crippen LogP contribution is 2.20.